The van der Waals surface area contributed by atoms with Gasteiger partial charge in [-0.25, -0.2) is 0 Å². The van der Waals surface area contributed by atoms with E-state index in [9.17, 15) is 4.79 Å². The zero-order valence-corrected chi connectivity index (χ0v) is 11.1. The second-order valence-electron chi connectivity index (χ2n) is 3.71. The molecule has 4 nitrogen and oxygen atoms in total. The molecule has 0 aliphatic heterocycles. The van der Waals surface area contributed by atoms with Crippen molar-refractivity contribution in [2.75, 3.05) is 11.9 Å². The summed E-state index contributed by atoms with van der Waals surface area (Å²) in [6.45, 7) is 6.08. The molecule has 1 amide bonds. The lowest BCUT2D eigenvalue weighted by Crippen LogP contribution is -2.32. The van der Waals surface area contributed by atoms with Crippen molar-refractivity contribution in [2.24, 2.45) is 5.73 Å². The van der Waals surface area contributed by atoms with Crippen LogP contribution in [0.25, 0.3) is 0 Å². The molecule has 1 aromatic carbocycles. The van der Waals surface area contributed by atoms with Crippen molar-refractivity contribution in [2.45, 2.75) is 26.8 Å². The second kappa shape index (κ2) is 7.14. The number of anilines is 1. The smallest absolute Gasteiger partial charge is 0.241 e. The molecule has 1 atom stereocenters. The molecule has 0 saturated heterocycles. The Morgan fingerprint density at radius 1 is 1.53 bits per heavy atom. The summed E-state index contributed by atoms with van der Waals surface area (Å²) in [4.78, 5) is 11.5. The number of nitrogens with one attached hydrogen (secondary N) is 1. The van der Waals surface area contributed by atoms with E-state index in [1.54, 1.807) is 6.92 Å². The molecule has 0 aromatic heterocycles. The van der Waals surface area contributed by atoms with Crippen LogP contribution in [-0.2, 0) is 4.79 Å². The summed E-state index contributed by atoms with van der Waals surface area (Å²) in [6, 6.07) is 5.09. The van der Waals surface area contributed by atoms with Gasteiger partial charge in [-0.3, -0.25) is 4.79 Å². The zero-order chi connectivity index (χ0) is 12.1. The molecule has 0 aliphatic rings. The Kier molecular flexibility index (Phi) is 6.61. The molecule has 1 rings (SSSR count). The van der Waals surface area contributed by atoms with E-state index in [0.29, 0.717) is 18.0 Å². The van der Waals surface area contributed by atoms with Gasteiger partial charge in [0.1, 0.15) is 5.75 Å². The summed E-state index contributed by atoms with van der Waals surface area (Å²) < 4.78 is 5.44. The summed E-state index contributed by atoms with van der Waals surface area (Å²) in [5, 5.41) is 2.73. The Hall–Kier alpha value is -1.26. The van der Waals surface area contributed by atoms with Gasteiger partial charge in [0.05, 0.1) is 18.3 Å². The third-order valence-electron chi connectivity index (χ3n) is 2.11. The van der Waals surface area contributed by atoms with E-state index in [1.807, 2.05) is 32.0 Å². The van der Waals surface area contributed by atoms with Gasteiger partial charge >= 0.3 is 0 Å². The van der Waals surface area contributed by atoms with Gasteiger partial charge < -0.3 is 15.8 Å². The van der Waals surface area contributed by atoms with Gasteiger partial charge in [-0.2, -0.15) is 0 Å². The average Bonchev–Trinajstić information content (AvgIpc) is 2.22. The van der Waals surface area contributed by atoms with Crippen LogP contribution in [0.5, 0.6) is 5.75 Å². The highest BCUT2D eigenvalue weighted by Crippen LogP contribution is 2.25. The first kappa shape index (κ1) is 15.7. The van der Waals surface area contributed by atoms with Crippen LogP contribution >= 0.6 is 12.4 Å². The van der Waals surface area contributed by atoms with Gasteiger partial charge in [-0.05, 0) is 38.5 Å². The highest BCUT2D eigenvalue weighted by molar-refractivity contribution is 5.95. The van der Waals surface area contributed by atoms with Crippen molar-refractivity contribution in [3.8, 4) is 5.75 Å². The van der Waals surface area contributed by atoms with Gasteiger partial charge in [0.25, 0.3) is 0 Å². The van der Waals surface area contributed by atoms with Gasteiger partial charge in [0.2, 0.25) is 5.91 Å². The van der Waals surface area contributed by atoms with Crippen molar-refractivity contribution in [3.63, 3.8) is 0 Å². The minimum atomic E-state index is -0.532. The standard InChI is InChI=1S/C12H18N2O2.ClH/c1-4-16-11-7-8(2)5-6-10(11)14-12(15)9(3)13;/h5-7,9H,4,13H2,1-3H3,(H,14,15);1H/t9-;/m1./s1. The fraction of sp³-hybridized carbons (Fsp3) is 0.417. The van der Waals surface area contributed by atoms with Crippen LogP contribution in [0.15, 0.2) is 18.2 Å². The maximum atomic E-state index is 11.5. The van der Waals surface area contributed by atoms with Crippen LogP contribution in [0.4, 0.5) is 5.69 Å². The monoisotopic (exact) mass is 258 g/mol. The number of amides is 1. The van der Waals surface area contributed by atoms with Crippen molar-refractivity contribution >= 4 is 24.0 Å². The van der Waals surface area contributed by atoms with Crippen LogP contribution < -0.4 is 15.8 Å². The van der Waals surface area contributed by atoms with Crippen LogP contribution in [0.2, 0.25) is 0 Å². The Labute approximate surface area is 108 Å². The van der Waals surface area contributed by atoms with Crippen LogP contribution in [-0.4, -0.2) is 18.6 Å². The molecule has 0 bridgehead atoms. The van der Waals surface area contributed by atoms with Crippen molar-refractivity contribution in [1.82, 2.24) is 0 Å². The SMILES string of the molecule is CCOc1cc(C)ccc1NC(=O)[C@@H](C)N.Cl. The van der Waals surface area contributed by atoms with Gasteiger partial charge in [-0.15, -0.1) is 12.4 Å². The number of nitrogens with two attached hydrogens (primary N) is 1. The molecular weight excluding hydrogens is 240 g/mol. The van der Waals surface area contributed by atoms with E-state index in [0.717, 1.165) is 5.56 Å². The number of carbonyl (C=O) groups excluding carboxylic acids is 1. The molecule has 0 aliphatic carbocycles. The lowest BCUT2D eigenvalue weighted by molar-refractivity contribution is -0.117. The quantitative estimate of drug-likeness (QED) is 0.869. The average molecular weight is 259 g/mol. The number of halogens is 1. The van der Waals surface area contributed by atoms with Crippen molar-refractivity contribution in [1.29, 1.82) is 0 Å². The second-order valence-corrected chi connectivity index (χ2v) is 3.71. The molecule has 1 aromatic rings. The molecule has 0 heterocycles. The lowest BCUT2D eigenvalue weighted by atomic mass is 10.2. The number of hydrogen-bond acceptors (Lipinski definition) is 3. The summed E-state index contributed by atoms with van der Waals surface area (Å²) in [5.41, 5.74) is 7.23. The molecule has 17 heavy (non-hydrogen) atoms. The highest BCUT2D eigenvalue weighted by atomic mass is 35.5. The lowest BCUT2D eigenvalue weighted by Gasteiger charge is -2.13. The fourth-order valence-electron chi connectivity index (χ4n) is 1.25. The van der Waals surface area contributed by atoms with Crippen LogP contribution in [0, 0.1) is 6.92 Å². The molecule has 0 spiro atoms. The van der Waals surface area contributed by atoms with Crippen LogP contribution in [0.1, 0.15) is 19.4 Å². The Bertz CT molecular complexity index is 381. The Morgan fingerprint density at radius 3 is 2.71 bits per heavy atom. The van der Waals surface area contributed by atoms with Crippen LogP contribution in [0.3, 0.4) is 0 Å². The molecule has 3 N–H and O–H groups in total. The number of rotatable bonds is 4. The predicted molar refractivity (Wildman–Crippen MR) is 71.9 cm³/mol. The third-order valence-corrected chi connectivity index (χ3v) is 2.11. The van der Waals surface area contributed by atoms with Gasteiger partial charge in [0.15, 0.2) is 0 Å². The molecule has 0 fully saturated rings. The maximum absolute atomic E-state index is 11.5. The van der Waals surface area contributed by atoms with Crippen molar-refractivity contribution in [3.05, 3.63) is 23.8 Å². The molecular formula is C12H19ClN2O2. The number of ether oxygens (including phenoxy) is 1. The minimum absolute atomic E-state index is 0. The van der Waals surface area contributed by atoms with E-state index in [4.69, 9.17) is 10.5 Å². The van der Waals surface area contributed by atoms with E-state index in [1.165, 1.54) is 0 Å². The summed E-state index contributed by atoms with van der Waals surface area (Å²) in [6.07, 6.45) is 0. The van der Waals surface area contributed by atoms with Crippen molar-refractivity contribution < 1.29 is 9.53 Å². The predicted octanol–water partition coefficient (Wildman–Crippen LogP) is 2.10. The first-order valence-corrected chi connectivity index (χ1v) is 5.34. The van der Waals surface area contributed by atoms with E-state index < -0.39 is 6.04 Å². The summed E-state index contributed by atoms with van der Waals surface area (Å²) >= 11 is 0. The third kappa shape index (κ3) is 4.63. The first-order chi connectivity index (χ1) is 7.54. The topological polar surface area (TPSA) is 64.3 Å². The molecule has 0 radical (unpaired) electrons. The number of benzene rings is 1. The molecule has 0 saturated carbocycles. The van der Waals surface area contributed by atoms with Gasteiger partial charge in [-0.1, -0.05) is 6.07 Å². The maximum Gasteiger partial charge on any atom is 0.241 e. The summed E-state index contributed by atoms with van der Waals surface area (Å²) in [7, 11) is 0. The van der Waals surface area contributed by atoms with E-state index in [2.05, 4.69) is 5.32 Å². The normalized spacial score (nSPS) is 11.3. The molecule has 0 unspecified atom stereocenters. The largest absolute Gasteiger partial charge is 0.492 e. The Balaban J connectivity index is 0.00000256. The van der Waals surface area contributed by atoms with E-state index >= 15 is 0 Å². The number of aryl methyl sites for hydroxylation is 1. The highest BCUT2D eigenvalue weighted by Gasteiger charge is 2.11. The molecule has 5 heteroatoms. The Morgan fingerprint density at radius 2 is 2.18 bits per heavy atom. The fourth-order valence-corrected chi connectivity index (χ4v) is 1.25. The number of carbonyl (C=O) groups is 1. The minimum Gasteiger partial charge on any atom is -0.492 e. The summed E-state index contributed by atoms with van der Waals surface area (Å²) in [5.74, 6) is 0.460. The van der Waals surface area contributed by atoms with Gasteiger partial charge in [0, 0.05) is 0 Å². The number of hydrogen-bond donors (Lipinski definition) is 2. The molecule has 96 valence electrons. The first-order valence-electron chi connectivity index (χ1n) is 5.34. The van der Waals surface area contributed by atoms with E-state index in [-0.39, 0.29) is 18.3 Å². The zero-order valence-electron chi connectivity index (χ0n) is 10.3.